The predicted octanol–water partition coefficient (Wildman–Crippen LogP) is 3.64. The Bertz CT molecular complexity index is 149. The Hall–Kier alpha value is 0.370. The van der Waals surface area contributed by atoms with E-state index in [1.165, 1.54) is 6.92 Å². The number of ether oxygens (including phenoxy) is 1. The number of carbonyl (C=O) groups is 1. The van der Waals surface area contributed by atoms with E-state index in [0.717, 1.165) is 0 Å². The highest BCUT2D eigenvalue weighted by molar-refractivity contribution is 6.67. The summed E-state index contributed by atoms with van der Waals surface area (Å²) in [5.41, 5.74) is 0. The normalized spacial score (nSPS) is 7.83. The Balaban J connectivity index is 0. The average molecular weight is 254 g/mol. The lowest BCUT2D eigenvalue weighted by Gasteiger charge is -1.89. The number of esters is 1. The van der Waals surface area contributed by atoms with Crippen molar-refractivity contribution in [2.24, 2.45) is 0 Å². The summed E-state index contributed by atoms with van der Waals surface area (Å²) >= 11 is 20.0. The Labute approximate surface area is 91.4 Å². The van der Waals surface area contributed by atoms with E-state index in [-0.39, 0.29) is 15.0 Å². The highest BCUT2D eigenvalue weighted by Gasteiger charge is 1.88. The van der Waals surface area contributed by atoms with Gasteiger partial charge in [-0.3, -0.25) is 4.79 Å². The van der Waals surface area contributed by atoms with Gasteiger partial charge in [0, 0.05) is 6.92 Å². The maximum atomic E-state index is 9.82. The molecule has 0 bridgehead atoms. The van der Waals surface area contributed by atoms with Crippen LogP contribution in [0.2, 0.25) is 0 Å². The number of halogens is 4. The Kier molecular flexibility index (Phi) is 11.7. The third-order valence-electron chi connectivity index (χ3n) is 0.490. The number of hydrogen-bond donors (Lipinski definition) is 0. The van der Waals surface area contributed by atoms with Crippen molar-refractivity contribution in [1.29, 1.82) is 0 Å². The van der Waals surface area contributed by atoms with Crippen LogP contribution in [0, 0.1) is 0 Å². The molecule has 0 unspecified atom stereocenters. The van der Waals surface area contributed by atoms with Gasteiger partial charge in [-0.15, -0.1) is 0 Å². The van der Waals surface area contributed by atoms with Gasteiger partial charge in [-0.05, 0) is 6.92 Å². The van der Waals surface area contributed by atoms with Gasteiger partial charge in [0.15, 0.2) is 0 Å². The summed E-state index contributed by atoms with van der Waals surface area (Å²) < 4.78 is 4.21. The van der Waals surface area contributed by atoms with E-state index < -0.39 is 0 Å². The first-order valence-electron chi connectivity index (χ1n) is 2.91. The molecule has 0 aliphatic carbocycles. The van der Waals surface area contributed by atoms with Gasteiger partial charge in [0.25, 0.3) is 0 Å². The minimum Gasteiger partial charge on any atom is -0.466 e. The Morgan fingerprint density at radius 3 is 1.50 bits per heavy atom. The first-order valence-corrected chi connectivity index (χ1v) is 4.42. The van der Waals surface area contributed by atoms with E-state index in [9.17, 15) is 4.79 Å². The lowest BCUT2D eigenvalue weighted by molar-refractivity contribution is -0.140. The van der Waals surface area contributed by atoms with Crippen LogP contribution in [0.3, 0.4) is 0 Å². The number of rotatable bonds is 1. The summed E-state index contributed by atoms with van der Waals surface area (Å²) in [5, 5.41) is 0. The van der Waals surface area contributed by atoms with E-state index in [0.29, 0.717) is 6.61 Å². The molecule has 0 atom stereocenters. The first-order chi connectivity index (χ1) is 5.41. The maximum Gasteiger partial charge on any atom is 0.302 e. The molecule has 0 radical (unpaired) electrons. The fraction of sp³-hybridized carbons (Fsp3) is 0.500. The Morgan fingerprint density at radius 1 is 1.17 bits per heavy atom. The molecule has 0 saturated carbocycles. The summed E-state index contributed by atoms with van der Waals surface area (Å²) in [6.45, 7) is 3.65. The van der Waals surface area contributed by atoms with Crippen molar-refractivity contribution in [3.63, 3.8) is 0 Å². The average Bonchev–Trinajstić information content (AvgIpc) is 1.87. The lowest BCUT2D eigenvalue weighted by Crippen LogP contribution is -1.95. The van der Waals surface area contributed by atoms with Crippen LogP contribution in [-0.2, 0) is 9.53 Å². The Morgan fingerprint density at radius 2 is 1.50 bits per heavy atom. The molecule has 0 aliphatic rings. The summed E-state index contributed by atoms with van der Waals surface area (Å²) in [7, 11) is 0. The molecule has 0 aromatic heterocycles. The van der Waals surface area contributed by atoms with Crippen molar-refractivity contribution < 1.29 is 9.53 Å². The highest BCUT2D eigenvalue weighted by atomic mass is 35.5. The largest absolute Gasteiger partial charge is 0.466 e. The van der Waals surface area contributed by atoms with E-state index in [1.54, 1.807) is 6.92 Å². The second-order valence-corrected chi connectivity index (χ2v) is 3.34. The predicted molar refractivity (Wildman–Crippen MR) is 52.7 cm³/mol. The van der Waals surface area contributed by atoms with Crippen LogP contribution in [0.1, 0.15) is 13.8 Å². The fourth-order valence-corrected chi connectivity index (χ4v) is 0.203. The van der Waals surface area contributed by atoms with Crippen molar-refractivity contribution in [3.05, 3.63) is 8.98 Å². The summed E-state index contributed by atoms with van der Waals surface area (Å²) in [6.07, 6.45) is 0. The summed E-state index contributed by atoms with van der Waals surface area (Å²) in [5.74, 6) is -0.211. The van der Waals surface area contributed by atoms with Gasteiger partial charge in [0.1, 0.15) is 8.98 Å². The van der Waals surface area contributed by atoms with Crippen LogP contribution in [0.15, 0.2) is 8.98 Å². The molecule has 72 valence electrons. The molecule has 0 fully saturated rings. The van der Waals surface area contributed by atoms with Crippen LogP contribution in [0.4, 0.5) is 0 Å². The molecular formula is C6H8Cl4O2. The topological polar surface area (TPSA) is 26.3 Å². The van der Waals surface area contributed by atoms with Gasteiger partial charge in [-0.25, -0.2) is 0 Å². The van der Waals surface area contributed by atoms with Crippen LogP contribution in [-0.4, -0.2) is 12.6 Å². The molecule has 0 spiro atoms. The molecule has 0 aliphatic heterocycles. The zero-order valence-corrected chi connectivity index (χ0v) is 9.56. The van der Waals surface area contributed by atoms with Crippen molar-refractivity contribution in [3.8, 4) is 0 Å². The summed E-state index contributed by atoms with van der Waals surface area (Å²) in [6, 6.07) is 0. The zero-order valence-electron chi connectivity index (χ0n) is 6.54. The van der Waals surface area contributed by atoms with Gasteiger partial charge in [0.2, 0.25) is 0 Å². The molecule has 2 nitrogen and oxygen atoms in total. The van der Waals surface area contributed by atoms with Crippen molar-refractivity contribution >= 4 is 52.4 Å². The van der Waals surface area contributed by atoms with Crippen LogP contribution in [0.5, 0.6) is 0 Å². The fourth-order valence-electron chi connectivity index (χ4n) is 0.203. The first kappa shape index (κ1) is 14.9. The van der Waals surface area contributed by atoms with Crippen LogP contribution in [0.25, 0.3) is 0 Å². The van der Waals surface area contributed by atoms with Gasteiger partial charge in [0.05, 0.1) is 6.61 Å². The summed E-state index contributed by atoms with van der Waals surface area (Å²) in [4.78, 5) is 9.82. The van der Waals surface area contributed by atoms with Crippen LogP contribution >= 0.6 is 46.4 Å². The zero-order chi connectivity index (χ0) is 10.1. The van der Waals surface area contributed by atoms with E-state index >= 15 is 0 Å². The molecule has 0 aromatic rings. The van der Waals surface area contributed by atoms with Gasteiger partial charge >= 0.3 is 5.97 Å². The third-order valence-corrected chi connectivity index (χ3v) is 1.63. The quantitative estimate of drug-likeness (QED) is 0.667. The molecule has 0 N–H and O–H groups in total. The SMILES string of the molecule is CCOC(C)=O.ClC(Cl)=C(Cl)Cl. The van der Waals surface area contributed by atoms with E-state index in [4.69, 9.17) is 46.4 Å². The maximum absolute atomic E-state index is 9.82. The molecular weight excluding hydrogens is 246 g/mol. The second-order valence-electron chi connectivity index (χ2n) is 1.45. The monoisotopic (exact) mass is 252 g/mol. The lowest BCUT2D eigenvalue weighted by atomic mass is 10.8. The third kappa shape index (κ3) is 16.8. The van der Waals surface area contributed by atoms with Crippen molar-refractivity contribution in [2.45, 2.75) is 13.8 Å². The van der Waals surface area contributed by atoms with Crippen molar-refractivity contribution in [2.75, 3.05) is 6.61 Å². The van der Waals surface area contributed by atoms with Gasteiger partial charge in [-0.1, -0.05) is 46.4 Å². The van der Waals surface area contributed by atoms with Gasteiger partial charge < -0.3 is 4.74 Å². The number of hydrogen-bond acceptors (Lipinski definition) is 2. The smallest absolute Gasteiger partial charge is 0.302 e. The van der Waals surface area contributed by atoms with Gasteiger partial charge in [-0.2, -0.15) is 0 Å². The molecule has 12 heavy (non-hydrogen) atoms. The molecule has 0 heterocycles. The van der Waals surface area contributed by atoms with E-state index in [2.05, 4.69) is 4.74 Å². The minimum absolute atomic E-state index is 0.0988. The molecule has 6 heteroatoms. The number of carbonyl (C=O) groups excluding carboxylic acids is 1. The molecule has 0 saturated heterocycles. The van der Waals surface area contributed by atoms with Crippen molar-refractivity contribution in [1.82, 2.24) is 0 Å². The van der Waals surface area contributed by atoms with Crippen LogP contribution < -0.4 is 0 Å². The molecule has 0 aromatic carbocycles. The standard InChI is InChI=1S/C4H8O2.C2Cl4/c1-3-6-4(2)5;3-1(4)2(5)6/h3H2,1-2H3;. The van der Waals surface area contributed by atoms with E-state index in [1.807, 2.05) is 0 Å². The molecule has 0 amide bonds. The highest BCUT2D eigenvalue weighted by Crippen LogP contribution is 2.20. The second kappa shape index (κ2) is 9.46. The molecule has 0 rings (SSSR count). The minimum atomic E-state index is -0.211.